The summed E-state index contributed by atoms with van der Waals surface area (Å²) in [5.74, 6) is 0.753. The molecule has 1 fully saturated rings. The average Bonchev–Trinajstić information content (AvgIpc) is 2.47. The Kier molecular flexibility index (Phi) is 5.40. The largest absolute Gasteiger partial charge is 0.342 e. The Morgan fingerprint density at radius 2 is 1.81 bits per heavy atom. The summed E-state index contributed by atoms with van der Waals surface area (Å²) in [5, 5.41) is 3.41. The van der Waals surface area contributed by atoms with Crippen LogP contribution in [0, 0.1) is 13.8 Å². The zero-order chi connectivity index (χ0) is 15.4. The minimum atomic E-state index is -0.0236. The highest BCUT2D eigenvalue weighted by Crippen LogP contribution is 2.29. The Hall–Kier alpha value is -1.35. The molecule has 0 radical (unpaired) electrons. The van der Waals surface area contributed by atoms with Crippen molar-refractivity contribution < 1.29 is 4.79 Å². The number of likely N-dealkylation sites (N-methyl/N-ethyl adjacent to an activating group) is 1. The van der Waals surface area contributed by atoms with Gasteiger partial charge in [-0.3, -0.25) is 4.79 Å². The Bertz CT molecular complexity index is 474. The number of carbonyl (C=O) groups excluding carboxylic acids is 1. The number of nitrogens with one attached hydrogen (secondary N) is 1. The third-order valence-electron chi connectivity index (χ3n) is 4.49. The fraction of sp³-hybridized carbons (Fsp3) is 0.611. The van der Waals surface area contributed by atoms with Crippen molar-refractivity contribution in [2.75, 3.05) is 19.6 Å². The van der Waals surface area contributed by atoms with Crippen molar-refractivity contribution in [3.63, 3.8) is 0 Å². The summed E-state index contributed by atoms with van der Waals surface area (Å²) in [7, 11) is 0. The van der Waals surface area contributed by atoms with Gasteiger partial charge in [0.25, 0.3) is 0 Å². The monoisotopic (exact) mass is 288 g/mol. The third kappa shape index (κ3) is 3.85. The predicted molar refractivity (Wildman–Crippen MR) is 87.6 cm³/mol. The van der Waals surface area contributed by atoms with Gasteiger partial charge < -0.3 is 10.2 Å². The highest BCUT2D eigenvalue weighted by molar-refractivity contribution is 5.82. The van der Waals surface area contributed by atoms with E-state index in [2.05, 4.69) is 37.4 Å². The minimum absolute atomic E-state index is 0.0236. The molecule has 0 aliphatic carbocycles. The zero-order valence-electron chi connectivity index (χ0n) is 13.8. The van der Waals surface area contributed by atoms with Crippen molar-refractivity contribution in [1.29, 1.82) is 0 Å². The molecule has 1 aromatic rings. The summed E-state index contributed by atoms with van der Waals surface area (Å²) < 4.78 is 0. The van der Waals surface area contributed by atoms with Gasteiger partial charge in [0.1, 0.15) is 0 Å². The lowest BCUT2D eigenvalue weighted by Gasteiger charge is -2.33. The number of amides is 1. The Morgan fingerprint density at radius 1 is 1.19 bits per heavy atom. The average molecular weight is 288 g/mol. The topological polar surface area (TPSA) is 32.3 Å². The second kappa shape index (κ2) is 7.08. The second-order valence-corrected chi connectivity index (χ2v) is 6.16. The molecule has 1 aliphatic heterocycles. The van der Waals surface area contributed by atoms with Gasteiger partial charge in [0.05, 0.1) is 6.04 Å². The summed E-state index contributed by atoms with van der Waals surface area (Å²) in [6, 6.07) is 6.75. The lowest BCUT2D eigenvalue weighted by atomic mass is 9.84. The van der Waals surface area contributed by atoms with E-state index in [-0.39, 0.29) is 11.9 Å². The molecule has 2 unspecified atom stereocenters. The van der Waals surface area contributed by atoms with E-state index in [1.165, 1.54) is 16.7 Å². The third-order valence-corrected chi connectivity index (χ3v) is 4.49. The van der Waals surface area contributed by atoms with Crippen LogP contribution in [0.1, 0.15) is 49.3 Å². The molecule has 21 heavy (non-hydrogen) atoms. The summed E-state index contributed by atoms with van der Waals surface area (Å²) in [6.07, 6.45) is 2.03. The van der Waals surface area contributed by atoms with Crippen molar-refractivity contribution in [3.8, 4) is 0 Å². The molecule has 1 aliphatic rings. The van der Waals surface area contributed by atoms with Crippen LogP contribution in [0.5, 0.6) is 0 Å². The van der Waals surface area contributed by atoms with Crippen LogP contribution in [0.2, 0.25) is 0 Å². The van der Waals surface area contributed by atoms with Crippen LogP contribution in [-0.2, 0) is 4.79 Å². The first-order chi connectivity index (χ1) is 10.0. The van der Waals surface area contributed by atoms with E-state index >= 15 is 0 Å². The molecular formula is C18H28N2O. The van der Waals surface area contributed by atoms with Gasteiger partial charge >= 0.3 is 0 Å². The van der Waals surface area contributed by atoms with E-state index in [1.54, 1.807) is 0 Å². The smallest absolute Gasteiger partial charge is 0.239 e. The molecule has 3 heteroatoms. The molecule has 0 saturated carbocycles. The maximum absolute atomic E-state index is 12.5. The minimum Gasteiger partial charge on any atom is -0.342 e. The number of piperidine rings is 1. The van der Waals surface area contributed by atoms with E-state index in [9.17, 15) is 4.79 Å². The first-order valence-corrected chi connectivity index (χ1v) is 8.15. The quantitative estimate of drug-likeness (QED) is 0.923. The van der Waals surface area contributed by atoms with E-state index in [4.69, 9.17) is 0 Å². The van der Waals surface area contributed by atoms with Crippen LogP contribution in [0.15, 0.2) is 18.2 Å². The van der Waals surface area contributed by atoms with Crippen LogP contribution < -0.4 is 5.32 Å². The van der Waals surface area contributed by atoms with Crippen LogP contribution >= 0.6 is 0 Å². The van der Waals surface area contributed by atoms with E-state index in [0.29, 0.717) is 5.92 Å². The highest BCUT2D eigenvalue weighted by atomic mass is 16.2. The molecule has 1 saturated heterocycles. The maximum atomic E-state index is 12.5. The molecule has 0 bridgehead atoms. The highest BCUT2D eigenvalue weighted by Gasteiger charge is 2.29. The molecule has 116 valence electrons. The fourth-order valence-electron chi connectivity index (χ4n) is 3.41. The van der Waals surface area contributed by atoms with Gasteiger partial charge in [0.15, 0.2) is 0 Å². The lowest BCUT2D eigenvalue weighted by Crippen LogP contribution is -2.49. The molecule has 0 spiro atoms. The van der Waals surface area contributed by atoms with Crippen molar-refractivity contribution in [1.82, 2.24) is 10.2 Å². The molecule has 1 heterocycles. The summed E-state index contributed by atoms with van der Waals surface area (Å²) in [6.45, 7) is 10.9. The standard InChI is InChI=1S/C18H28N2O/c1-5-20(6-2)18(21)17-12-15(7-8-19-17)16-10-13(3)9-14(4)11-16/h9-11,15,17,19H,5-8,12H2,1-4H3. The van der Waals surface area contributed by atoms with Crippen LogP contribution in [0.4, 0.5) is 0 Å². The normalized spacial score (nSPS) is 22.1. The van der Waals surface area contributed by atoms with Crippen LogP contribution in [0.3, 0.4) is 0 Å². The zero-order valence-corrected chi connectivity index (χ0v) is 13.8. The summed E-state index contributed by atoms with van der Waals surface area (Å²) in [4.78, 5) is 14.5. The van der Waals surface area contributed by atoms with Gasteiger partial charge in [-0.05, 0) is 58.6 Å². The van der Waals surface area contributed by atoms with Gasteiger partial charge in [-0.25, -0.2) is 0 Å². The Morgan fingerprint density at radius 3 is 2.38 bits per heavy atom. The molecule has 2 rings (SSSR count). The number of nitrogens with zero attached hydrogens (tertiary/aromatic N) is 1. The first-order valence-electron chi connectivity index (χ1n) is 8.15. The Balaban J connectivity index is 2.11. The number of aryl methyl sites for hydroxylation is 2. The summed E-state index contributed by atoms with van der Waals surface area (Å²) in [5.41, 5.74) is 4.02. The van der Waals surface area contributed by atoms with Gasteiger partial charge in [0, 0.05) is 13.1 Å². The maximum Gasteiger partial charge on any atom is 0.239 e. The summed E-state index contributed by atoms with van der Waals surface area (Å²) >= 11 is 0. The molecule has 2 atom stereocenters. The van der Waals surface area contributed by atoms with Gasteiger partial charge in [-0.1, -0.05) is 29.3 Å². The molecule has 1 aromatic carbocycles. The number of rotatable bonds is 4. The molecular weight excluding hydrogens is 260 g/mol. The SMILES string of the molecule is CCN(CC)C(=O)C1CC(c2cc(C)cc(C)c2)CCN1. The number of carbonyl (C=O) groups is 1. The molecule has 1 amide bonds. The van der Waals surface area contributed by atoms with E-state index in [0.717, 1.165) is 32.5 Å². The van der Waals surface area contributed by atoms with Crippen molar-refractivity contribution in [2.24, 2.45) is 0 Å². The van der Waals surface area contributed by atoms with E-state index < -0.39 is 0 Å². The van der Waals surface area contributed by atoms with Gasteiger partial charge in [0.2, 0.25) is 5.91 Å². The molecule has 3 nitrogen and oxygen atoms in total. The van der Waals surface area contributed by atoms with Crippen LogP contribution in [0.25, 0.3) is 0 Å². The van der Waals surface area contributed by atoms with Crippen molar-refractivity contribution in [3.05, 3.63) is 34.9 Å². The molecule has 1 N–H and O–H groups in total. The van der Waals surface area contributed by atoms with Gasteiger partial charge in [-0.15, -0.1) is 0 Å². The lowest BCUT2D eigenvalue weighted by molar-refractivity contribution is -0.133. The van der Waals surface area contributed by atoms with Crippen molar-refractivity contribution >= 4 is 5.91 Å². The number of hydrogen-bond donors (Lipinski definition) is 1. The predicted octanol–water partition coefficient (Wildman–Crippen LogP) is 3.01. The van der Waals surface area contributed by atoms with E-state index in [1.807, 2.05) is 18.7 Å². The van der Waals surface area contributed by atoms with Crippen molar-refractivity contribution in [2.45, 2.75) is 52.5 Å². The Labute approximate surface area is 128 Å². The molecule has 0 aromatic heterocycles. The first kappa shape index (κ1) is 16.0. The second-order valence-electron chi connectivity index (χ2n) is 6.16. The fourth-order valence-corrected chi connectivity index (χ4v) is 3.41. The van der Waals surface area contributed by atoms with Crippen LogP contribution in [-0.4, -0.2) is 36.5 Å². The van der Waals surface area contributed by atoms with Gasteiger partial charge in [-0.2, -0.15) is 0 Å². The number of benzene rings is 1. The number of hydrogen-bond acceptors (Lipinski definition) is 2.